The Hall–Kier alpha value is -1.64. The zero-order valence-electron chi connectivity index (χ0n) is 15.1. The maximum Gasteiger partial charge on any atom is 0.246 e. The molecule has 0 spiro atoms. The molecule has 0 atom stereocenters. The summed E-state index contributed by atoms with van der Waals surface area (Å²) in [5.41, 5.74) is 0.866. The molecule has 1 aromatic carbocycles. The Kier molecular flexibility index (Phi) is 6.80. The maximum absolute atomic E-state index is 12.9. The molecule has 2 rings (SSSR count). The van der Waals surface area contributed by atoms with Gasteiger partial charge in [0.05, 0.1) is 13.7 Å². The van der Waals surface area contributed by atoms with Crippen molar-refractivity contribution < 1.29 is 17.9 Å². The molecule has 1 heterocycles. The molecular formula is C17H27N3O4S. The van der Waals surface area contributed by atoms with Gasteiger partial charge in [0, 0.05) is 32.7 Å². The van der Waals surface area contributed by atoms with Crippen molar-refractivity contribution >= 4 is 15.9 Å². The molecule has 1 amide bonds. The zero-order valence-corrected chi connectivity index (χ0v) is 15.9. The summed E-state index contributed by atoms with van der Waals surface area (Å²) < 4.78 is 32.6. The fourth-order valence-electron chi connectivity index (χ4n) is 2.78. The van der Waals surface area contributed by atoms with Gasteiger partial charge in [0.2, 0.25) is 15.9 Å². The molecule has 25 heavy (non-hydrogen) atoms. The number of aryl methyl sites for hydroxylation is 1. The summed E-state index contributed by atoms with van der Waals surface area (Å²) in [5.74, 6) is 0.338. The normalized spacial score (nSPS) is 16.6. The molecule has 8 heteroatoms. The van der Waals surface area contributed by atoms with Gasteiger partial charge in [0.1, 0.15) is 10.6 Å². The molecule has 1 aliphatic heterocycles. The van der Waals surface area contributed by atoms with Crippen molar-refractivity contribution in [1.82, 2.24) is 14.5 Å². The van der Waals surface area contributed by atoms with E-state index in [1.807, 2.05) is 24.8 Å². The second kappa shape index (κ2) is 8.64. The molecule has 0 aliphatic carbocycles. The summed E-state index contributed by atoms with van der Waals surface area (Å²) in [5, 5.41) is 2.84. The van der Waals surface area contributed by atoms with Gasteiger partial charge in [-0.1, -0.05) is 13.0 Å². The van der Waals surface area contributed by atoms with Crippen molar-refractivity contribution in [3.63, 3.8) is 0 Å². The predicted molar refractivity (Wildman–Crippen MR) is 96.2 cm³/mol. The summed E-state index contributed by atoms with van der Waals surface area (Å²) in [6.45, 7) is 6.62. The van der Waals surface area contributed by atoms with Crippen LogP contribution in [0.1, 0.15) is 18.9 Å². The van der Waals surface area contributed by atoms with Crippen molar-refractivity contribution in [1.29, 1.82) is 0 Å². The summed E-state index contributed by atoms with van der Waals surface area (Å²) in [4.78, 5) is 14.0. The highest BCUT2D eigenvalue weighted by molar-refractivity contribution is 7.89. The van der Waals surface area contributed by atoms with Crippen LogP contribution in [-0.4, -0.2) is 69.9 Å². The van der Waals surface area contributed by atoms with Crippen LogP contribution in [0, 0.1) is 6.92 Å². The quantitative estimate of drug-likeness (QED) is 0.770. The van der Waals surface area contributed by atoms with E-state index in [1.165, 1.54) is 11.4 Å². The van der Waals surface area contributed by atoms with Gasteiger partial charge < -0.3 is 10.1 Å². The van der Waals surface area contributed by atoms with Crippen LogP contribution in [0.4, 0.5) is 0 Å². The van der Waals surface area contributed by atoms with E-state index in [9.17, 15) is 13.2 Å². The number of benzene rings is 1. The first-order valence-corrected chi connectivity index (χ1v) is 9.96. The highest BCUT2D eigenvalue weighted by Gasteiger charge is 2.31. The third-order valence-electron chi connectivity index (χ3n) is 4.21. The van der Waals surface area contributed by atoms with E-state index in [0.717, 1.165) is 12.0 Å². The molecule has 7 nitrogen and oxygen atoms in total. The van der Waals surface area contributed by atoms with Crippen molar-refractivity contribution in [3.05, 3.63) is 23.8 Å². The van der Waals surface area contributed by atoms with Gasteiger partial charge >= 0.3 is 0 Å². The van der Waals surface area contributed by atoms with Gasteiger partial charge in [0.15, 0.2) is 0 Å². The van der Waals surface area contributed by atoms with Crippen LogP contribution in [0.15, 0.2) is 23.1 Å². The second-order valence-corrected chi connectivity index (χ2v) is 8.09. The molecule has 0 bridgehead atoms. The van der Waals surface area contributed by atoms with E-state index in [0.29, 0.717) is 45.0 Å². The van der Waals surface area contributed by atoms with Gasteiger partial charge in [-0.05, 0) is 31.0 Å². The number of carbonyl (C=O) groups is 1. The summed E-state index contributed by atoms with van der Waals surface area (Å²) in [6, 6.07) is 5.14. The van der Waals surface area contributed by atoms with Gasteiger partial charge in [-0.2, -0.15) is 4.31 Å². The average molecular weight is 369 g/mol. The zero-order chi connectivity index (χ0) is 18.4. The minimum atomic E-state index is -3.61. The van der Waals surface area contributed by atoms with Gasteiger partial charge in [-0.25, -0.2) is 8.42 Å². The average Bonchev–Trinajstić information content (AvgIpc) is 2.60. The summed E-state index contributed by atoms with van der Waals surface area (Å²) in [7, 11) is -2.14. The third kappa shape index (κ3) is 4.93. The van der Waals surface area contributed by atoms with Crippen molar-refractivity contribution in [2.75, 3.05) is 46.4 Å². The Labute approximate surface area is 150 Å². The Balaban J connectivity index is 2.02. The van der Waals surface area contributed by atoms with E-state index < -0.39 is 10.0 Å². The number of methoxy groups -OCH3 is 1. The van der Waals surface area contributed by atoms with E-state index in [2.05, 4.69) is 5.32 Å². The minimum Gasteiger partial charge on any atom is -0.495 e. The molecule has 0 saturated carbocycles. The molecule has 1 N–H and O–H groups in total. The standard InChI is InChI=1S/C17H27N3O4S/c1-4-7-18-17(21)13-19-8-10-20(11-9-19)25(22,23)16-12-14(2)5-6-15(16)24-3/h5-6,12H,4,7-11,13H2,1-3H3,(H,18,21). The van der Waals surface area contributed by atoms with Crippen LogP contribution in [0.5, 0.6) is 5.75 Å². The predicted octanol–water partition coefficient (Wildman–Crippen LogP) is 0.836. The van der Waals surface area contributed by atoms with Gasteiger partial charge in [-0.3, -0.25) is 9.69 Å². The third-order valence-corrected chi connectivity index (χ3v) is 6.13. The van der Waals surface area contributed by atoms with Crippen molar-refractivity contribution in [2.45, 2.75) is 25.2 Å². The number of nitrogens with one attached hydrogen (secondary N) is 1. The molecule has 1 aliphatic rings. The van der Waals surface area contributed by atoms with Crippen LogP contribution in [0.25, 0.3) is 0 Å². The number of hydrogen-bond acceptors (Lipinski definition) is 5. The number of rotatable bonds is 7. The van der Waals surface area contributed by atoms with E-state index in [-0.39, 0.29) is 10.8 Å². The highest BCUT2D eigenvalue weighted by atomic mass is 32.2. The number of ether oxygens (including phenoxy) is 1. The van der Waals surface area contributed by atoms with Crippen LogP contribution < -0.4 is 10.1 Å². The molecular weight excluding hydrogens is 342 g/mol. The summed E-state index contributed by atoms with van der Waals surface area (Å²) in [6.07, 6.45) is 0.899. The number of amides is 1. The SMILES string of the molecule is CCCNC(=O)CN1CCN(S(=O)(=O)c2cc(C)ccc2OC)CC1. The van der Waals surface area contributed by atoms with E-state index in [1.54, 1.807) is 12.1 Å². The molecule has 140 valence electrons. The van der Waals surface area contributed by atoms with E-state index >= 15 is 0 Å². The lowest BCUT2D eigenvalue weighted by Gasteiger charge is -2.33. The molecule has 1 fully saturated rings. The minimum absolute atomic E-state index is 0.0153. The van der Waals surface area contributed by atoms with Gasteiger partial charge in [0.25, 0.3) is 0 Å². The molecule has 0 unspecified atom stereocenters. The number of nitrogens with zero attached hydrogens (tertiary/aromatic N) is 2. The van der Waals surface area contributed by atoms with Crippen molar-refractivity contribution in [2.24, 2.45) is 0 Å². The topological polar surface area (TPSA) is 79.0 Å². The Morgan fingerprint density at radius 1 is 1.24 bits per heavy atom. The lowest BCUT2D eigenvalue weighted by molar-refractivity contribution is -0.122. The molecule has 0 aromatic heterocycles. The fourth-order valence-corrected chi connectivity index (χ4v) is 4.44. The number of piperazine rings is 1. The molecule has 1 saturated heterocycles. The summed E-state index contributed by atoms with van der Waals surface area (Å²) >= 11 is 0. The number of carbonyl (C=O) groups excluding carboxylic acids is 1. The lowest BCUT2D eigenvalue weighted by atomic mass is 10.2. The fraction of sp³-hybridized carbons (Fsp3) is 0.588. The van der Waals surface area contributed by atoms with Crippen LogP contribution in [0.2, 0.25) is 0 Å². The van der Waals surface area contributed by atoms with Crippen LogP contribution >= 0.6 is 0 Å². The Morgan fingerprint density at radius 2 is 1.92 bits per heavy atom. The lowest BCUT2D eigenvalue weighted by Crippen LogP contribution is -2.51. The first-order valence-electron chi connectivity index (χ1n) is 8.52. The maximum atomic E-state index is 12.9. The Bertz CT molecular complexity index is 698. The van der Waals surface area contributed by atoms with Crippen LogP contribution in [-0.2, 0) is 14.8 Å². The first kappa shape index (κ1) is 19.7. The number of sulfonamides is 1. The number of hydrogen-bond donors (Lipinski definition) is 1. The monoisotopic (exact) mass is 369 g/mol. The molecule has 1 aromatic rings. The molecule has 0 radical (unpaired) electrons. The van der Waals surface area contributed by atoms with Crippen molar-refractivity contribution in [3.8, 4) is 5.75 Å². The largest absolute Gasteiger partial charge is 0.495 e. The van der Waals surface area contributed by atoms with Gasteiger partial charge in [-0.15, -0.1) is 0 Å². The van der Waals surface area contributed by atoms with E-state index in [4.69, 9.17) is 4.74 Å². The Morgan fingerprint density at radius 3 is 2.52 bits per heavy atom. The highest BCUT2D eigenvalue weighted by Crippen LogP contribution is 2.28. The first-order chi connectivity index (χ1) is 11.9. The van der Waals surface area contributed by atoms with Crippen LogP contribution in [0.3, 0.4) is 0 Å². The smallest absolute Gasteiger partial charge is 0.246 e. The second-order valence-electron chi connectivity index (χ2n) is 6.18.